The van der Waals surface area contributed by atoms with Gasteiger partial charge in [0.05, 0.1) is 17.6 Å². The Labute approximate surface area is 101 Å². The van der Waals surface area contributed by atoms with Gasteiger partial charge in [-0.2, -0.15) is 10.3 Å². The minimum absolute atomic E-state index is 0. The van der Waals surface area contributed by atoms with Gasteiger partial charge in [0.2, 0.25) is 0 Å². The van der Waals surface area contributed by atoms with Crippen molar-refractivity contribution in [1.82, 2.24) is 15.4 Å². The molecule has 16 heavy (non-hydrogen) atoms. The molecule has 0 aliphatic rings. The summed E-state index contributed by atoms with van der Waals surface area (Å²) in [6.07, 6.45) is 0. The molecule has 0 aliphatic carbocycles. The summed E-state index contributed by atoms with van der Waals surface area (Å²) >= 11 is 0. The number of aliphatic carboxylic acids is 2. The summed E-state index contributed by atoms with van der Waals surface area (Å²) in [7, 11) is 0. The van der Waals surface area contributed by atoms with Gasteiger partial charge in [-0.05, 0) is 6.92 Å². The fraction of sp³-hybridized carbons (Fsp3) is 0.167. The minimum Gasteiger partial charge on any atom is -0.543 e. The van der Waals surface area contributed by atoms with Gasteiger partial charge in [0, 0.05) is 0 Å². The van der Waals surface area contributed by atoms with Crippen LogP contribution in [0.3, 0.4) is 0 Å². The van der Waals surface area contributed by atoms with E-state index in [1.165, 1.54) is 0 Å². The number of aromatic nitrogens is 3. The molecule has 0 spiro atoms. The van der Waals surface area contributed by atoms with Gasteiger partial charge in [-0.15, -0.1) is 5.10 Å². The number of hydrogen-bond acceptors (Lipinski definition) is 7. The molecule has 9 nitrogen and oxygen atoms in total. The average Bonchev–Trinajstić information content (AvgIpc) is 2.52. The van der Waals surface area contributed by atoms with Crippen molar-refractivity contribution in [3.63, 3.8) is 0 Å². The van der Waals surface area contributed by atoms with E-state index < -0.39 is 17.9 Å². The number of rotatable bonds is 1. The topological polar surface area (TPSA) is 159 Å². The molecule has 1 heterocycles. The Hall–Kier alpha value is -1.83. The second kappa shape index (κ2) is 7.46. The zero-order valence-corrected chi connectivity index (χ0v) is 11.1. The maximum Gasteiger partial charge on any atom is 2.00 e. The monoisotopic (exact) mass is 279 g/mol. The third-order valence-electron chi connectivity index (χ3n) is 1.09. The van der Waals surface area contributed by atoms with Crippen molar-refractivity contribution in [2.75, 3.05) is 0 Å². The zero-order valence-electron chi connectivity index (χ0n) is 8.09. The number of carbonyl (C=O) groups excluding carboxylic acids is 2. The molecule has 0 unspecified atom stereocenters. The zero-order chi connectivity index (χ0) is 12.0. The van der Waals surface area contributed by atoms with Crippen LogP contribution in [-0.4, -0.2) is 38.4 Å². The Morgan fingerprint density at radius 1 is 1.19 bits per heavy atom. The van der Waals surface area contributed by atoms with Crippen molar-refractivity contribution < 1.29 is 49.2 Å². The molecule has 0 radical (unpaired) electrons. The molecule has 0 aromatic carbocycles. The van der Waals surface area contributed by atoms with E-state index in [-0.39, 0.29) is 25.2 Å². The summed E-state index contributed by atoms with van der Waals surface area (Å²) in [6, 6.07) is 0. The molecule has 0 fully saturated rings. The average molecular weight is 281 g/mol. The second-order valence-corrected chi connectivity index (χ2v) is 2.14. The normalized spacial score (nSPS) is 8.06. The Morgan fingerprint density at radius 3 is 1.75 bits per heavy atom. The van der Waals surface area contributed by atoms with Crippen LogP contribution < -0.4 is 10.2 Å². The standard InChI is InChI=1S/C4H5N3O2.C2H2O4.Zn/c1-2-3(4(8)9)6-7-5-2;3-1(4)2(5)6;/h1H3,(H,8,9)(H,5,6,7);(H,3,4)(H,5,6);/q;;+2/p-2. The van der Waals surface area contributed by atoms with Crippen LogP contribution in [0.15, 0.2) is 0 Å². The number of aryl methyl sites for hydroxylation is 1. The number of aromatic amines is 1. The van der Waals surface area contributed by atoms with E-state index in [1.54, 1.807) is 6.92 Å². The molecular formula is C6H5N3O6Zn. The third kappa shape index (κ3) is 5.81. The summed E-state index contributed by atoms with van der Waals surface area (Å²) in [5, 5.41) is 35.3. The van der Waals surface area contributed by atoms with Gasteiger partial charge < -0.3 is 24.9 Å². The van der Waals surface area contributed by atoms with Crippen LogP contribution in [0.4, 0.5) is 0 Å². The van der Waals surface area contributed by atoms with Gasteiger partial charge in [0.25, 0.3) is 0 Å². The molecule has 1 rings (SSSR count). The molecule has 1 aromatic heterocycles. The van der Waals surface area contributed by atoms with Crippen LogP contribution >= 0.6 is 0 Å². The third-order valence-corrected chi connectivity index (χ3v) is 1.09. The van der Waals surface area contributed by atoms with Crippen LogP contribution in [0.5, 0.6) is 0 Å². The summed E-state index contributed by atoms with van der Waals surface area (Å²) in [5.74, 6) is -5.42. The van der Waals surface area contributed by atoms with E-state index in [2.05, 4.69) is 15.4 Å². The molecule has 0 aliphatic heterocycles. The van der Waals surface area contributed by atoms with Gasteiger partial charge in [-0.3, -0.25) is 0 Å². The Morgan fingerprint density at radius 2 is 1.62 bits per heavy atom. The van der Waals surface area contributed by atoms with Crippen LogP contribution in [0.25, 0.3) is 0 Å². The van der Waals surface area contributed by atoms with E-state index in [4.69, 9.17) is 24.9 Å². The number of hydrogen-bond donors (Lipinski definition) is 2. The van der Waals surface area contributed by atoms with Crippen molar-refractivity contribution in [3.8, 4) is 0 Å². The summed E-state index contributed by atoms with van der Waals surface area (Å²) < 4.78 is 0. The first-order valence-corrected chi connectivity index (χ1v) is 3.39. The van der Waals surface area contributed by atoms with Crippen LogP contribution in [-0.2, 0) is 29.1 Å². The minimum atomic E-state index is -2.19. The van der Waals surface area contributed by atoms with E-state index in [0.29, 0.717) is 5.69 Å². The first-order valence-electron chi connectivity index (χ1n) is 3.39. The maximum atomic E-state index is 10.2. The first kappa shape index (κ1) is 16.6. The molecule has 0 atom stereocenters. The van der Waals surface area contributed by atoms with Gasteiger partial charge >= 0.3 is 25.4 Å². The second-order valence-electron chi connectivity index (χ2n) is 2.14. The molecule has 0 saturated heterocycles. The van der Waals surface area contributed by atoms with E-state index in [1.807, 2.05) is 0 Å². The van der Waals surface area contributed by atoms with Crippen molar-refractivity contribution in [2.45, 2.75) is 6.92 Å². The fourth-order valence-corrected chi connectivity index (χ4v) is 0.486. The number of carbonyl (C=O) groups is 3. The molecule has 0 amide bonds. The van der Waals surface area contributed by atoms with Gasteiger partial charge in [0.15, 0.2) is 5.69 Å². The fourth-order valence-electron chi connectivity index (χ4n) is 0.486. The Bertz CT molecular complexity index is 377. The predicted octanol–water partition coefficient (Wildman–Crippen LogP) is -3.70. The molecule has 2 N–H and O–H groups in total. The Kier molecular flexibility index (Phi) is 7.74. The summed E-state index contributed by atoms with van der Waals surface area (Å²) in [6.45, 7) is 1.58. The molecular weight excluding hydrogens is 275 g/mol. The SMILES string of the molecule is Cc1n[nH]nc1C(=O)O.O=C([O-])C(=O)[O-].[Zn+2]. The number of nitrogens with zero attached hydrogens (tertiary/aromatic N) is 2. The number of carboxylic acid groups (broad SMARTS) is 3. The quantitative estimate of drug-likeness (QED) is 0.392. The van der Waals surface area contributed by atoms with Gasteiger partial charge in [0.1, 0.15) is 0 Å². The van der Waals surface area contributed by atoms with Crippen molar-refractivity contribution in [1.29, 1.82) is 0 Å². The van der Waals surface area contributed by atoms with E-state index in [9.17, 15) is 4.79 Å². The maximum absolute atomic E-state index is 10.2. The van der Waals surface area contributed by atoms with Gasteiger partial charge in [-0.1, -0.05) is 0 Å². The van der Waals surface area contributed by atoms with Crippen LogP contribution in [0.2, 0.25) is 0 Å². The van der Waals surface area contributed by atoms with Crippen molar-refractivity contribution >= 4 is 17.9 Å². The summed E-state index contributed by atoms with van der Waals surface area (Å²) in [4.78, 5) is 28.0. The first-order chi connectivity index (χ1) is 6.86. The number of H-pyrrole nitrogens is 1. The molecule has 10 heteroatoms. The molecule has 0 saturated carbocycles. The smallest absolute Gasteiger partial charge is 0.543 e. The molecule has 0 bridgehead atoms. The number of carboxylic acids is 3. The van der Waals surface area contributed by atoms with Crippen molar-refractivity contribution in [2.24, 2.45) is 0 Å². The molecule has 82 valence electrons. The summed E-state index contributed by atoms with van der Waals surface area (Å²) in [5.41, 5.74) is 0.387. The van der Waals surface area contributed by atoms with E-state index >= 15 is 0 Å². The van der Waals surface area contributed by atoms with Crippen LogP contribution in [0.1, 0.15) is 16.2 Å². The molecule has 1 aromatic rings. The number of aromatic carboxylic acids is 1. The predicted molar refractivity (Wildman–Crippen MR) is 38.1 cm³/mol. The van der Waals surface area contributed by atoms with Crippen molar-refractivity contribution in [3.05, 3.63) is 11.4 Å². The largest absolute Gasteiger partial charge is 2.00 e. The Balaban J connectivity index is 0. The van der Waals surface area contributed by atoms with E-state index in [0.717, 1.165) is 0 Å². The number of nitrogens with one attached hydrogen (secondary N) is 1. The van der Waals surface area contributed by atoms with Crippen LogP contribution in [0, 0.1) is 6.92 Å². The van der Waals surface area contributed by atoms with Gasteiger partial charge in [-0.25, -0.2) is 4.79 Å².